The molecule has 1 aliphatic rings. The van der Waals surface area contributed by atoms with Crippen LogP contribution in [0.4, 0.5) is 0 Å². The average molecular weight is 194 g/mol. The van der Waals surface area contributed by atoms with E-state index in [4.69, 9.17) is 6.42 Å². The Balaban J connectivity index is 2.70. The first-order chi connectivity index (χ1) is 6.50. The number of hydrogen-bond acceptors (Lipinski definition) is 2. The van der Waals surface area contributed by atoms with Crippen molar-refractivity contribution in [3.05, 3.63) is 0 Å². The smallest absolute Gasteiger partial charge is 0.242 e. The predicted octanol–water partition coefficient (Wildman–Crippen LogP) is 0.562. The molecule has 0 N–H and O–H groups in total. The molecular formula is C11H18N2O. The highest BCUT2D eigenvalue weighted by molar-refractivity contribution is 5.86. The normalized spacial score (nSPS) is 22.1. The molecule has 0 aromatic heterocycles. The molecule has 1 amide bonds. The van der Waals surface area contributed by atoms with Gasteiger partial charge in [0.05, 0.1) is 5.54 Å². The zero-order valence-electron chi connectivity index (χ0n) is 9.21. The third-order valence-electron chi connectivity index (χ3n) is 2.89. The van der Waals surface area contributed by atoms with Crippen molar-refractivity contribution in [1.82, 2.24) is 9.80 Å². The highest BCUT2D eigenvalue weighted by Crippen LogP contribution is 2.21. The Labute approximate surface area is 86.1 Å². The fourth-order valence-corrected chi connectivity index (χ4v) is 1.84. The summed E-state index contributed by atoms with van der Waals surface area (Å²) in [5, 5.41) is 0. The monoisotopic (exact) mass is 194 g/mol. The summed E-state index contributed by atoms with van der Waals surface area (Å²) in [6.07, 6.45) is 5.93. The Hall–Kier alpha value is -1.01. The van der Waals surface area contributed by atoms with Gasteiger partial charge >= 0.3 is 0 Å². The molecule has 0 radical (unpaired) electrons. The van der Waals surface area contributed by atoms with E-state index in [9.17, 15) is 4.79 Å². The van der Waals surface area contributed by atoms with E-state index in [1.807, 2.05) is 20.9 Å². The number of terminal acetylenes is 1. The first-order valence-electron chi connectivity index (χ1n) is 4.94. The van der Waals surface area contributed by atoms with Crippen molar-refractivity contribution in [2.24, 2.45) is 0 Å². The topological polar surface area (TPSA) is 23.6 Å². The highest BCUT2D eigenvalue weighted by atomic mass is 16.2. The van der Waals surface area contributed by atoms with Gasteiger partial charge in [-0.1, -0.05) is 0 Å². The maximum atomic E-state index is 11.9. The Morgan fingerprint density at radius 3 is 2.71 bits per heavy atom. The van der Waals surface area contributed by atoms with Crippen molar-refractivity contribution in [2.45, 2.75) is 25.8 Å². The fraction of sp³-hybridized carbons (Fsp3) is 0.727. The minimum Gasteiger partial charge on any atom is -0.343 e. The number of carbonyl (C=O) groups excluding carboxylic acids is 1. The van der Waals surface area contributed by atoms with E-state index in [0.717, 1.165) is 19.6 Å². The van der Waals surface area contributed by atoms with E-state index >= 15 is 0 Å². The largest absolute Gasteiger partial charge is 0.343 e. The summed E-state index contributed by atoms with van der Waals surface area (Å²) in [4.78, 5) is 15.8. The zero-order chi connectivity index (χ0) is 10.8. The lowest BCUT2D eigenvalue weighted by atomic mass is 9.97. The second-order valence-electron chi connectivity index (χ2n) is 4.23. The van der Waals surface area contributed by atoms with Crippen molar-refractivity contribution < 1.29 is 4.79 Å². The maximum absolute atomic E-state index is 11.9. The van der Waals surface area contributed by atoms with Crippen LogP contribution in [0.25, 0.3) is 0 Å². The summed E-state index contributed by atoms with van der Waals surface area (Å²) >= 11 is 0. The number of piperazine rings is 1. The molecule has 0 aromatic rings. The van der Waals surface area contributed by atoms with Gasteiger partial charge in [0.2, 0.25) is 5.91 Å². The van der Waals surface area contributed by atoms with E-state index in [1.165, 1.54) is 0 Å². The highest BCUT2D eigenvalue weighted by Gasteiger charge is 2.39. The summed E-state index contributed by atoms with van der Waals surface area (Å²) in [6.45, 7) is 6.44. The van der Waals surface area contributed by atoms with E-state index in [1.54, 1.807) is 4.90 Å². The van der Waals surface area contributed by atoms with E-state index in [0.29, 0.717) is 6.42 Å². The molecule has 0 spiro atoms. The van der Waals surface area contributed by atoms with Gasteiger partial charge in [0.1, 0.15) is 0 Å². The average Bonchev–Trinajstić information content (AvgIpc) is 2.14. The maximum Gasteiger partial charge on any atom is 0.242 e. The van der Waals surface area contributed by atoms with Crippen LogP contribution in [0.3, 0.4) is 0 Å². The van der Waals surface area contributed by atoms with Gasteiger partial charge in [0.15, 0.2) is 0 Å². The Bertz CT molecular complexity index is 265. The van der Waals surface area contributed by atoms with Gasteiger partial charge in [-0.3, -0.25) is 9.69 Å². The number of rotatable bonds is 2. The van der Waals surface area contributed by atoms with Crippen molar-refractivity contribution in [1.29, 1.82) is 0 Å². The molecule has 14 heavy (non-hydrogen) atoms. The van der Waals surface area contributed by atoms with E-state index < -0.39 is 5.54 Å². The van der Waals surface area contributed by atoms with Gasteiger partial charge in [-0.15, -0.1) is 12.3 Å². The Kier molecular flexibility index (Phi) is 3.17. The number of likely N-dealkylation sites (N-methyl/N-ethyl adjacent to an activating group) is 1. The number of amides is 1. The predicted molar refractivity (Wildman–Crippen MR) is 56.7 cm³/mol. The van der Waals surface area contributed by atoms with Crippen molar-refractivity contribution in [3.8, 4) is 12.3 Å². The first kappa shape index (κ1) is 11.1. The van der Waals surface area contributed by atoms with Crippen LogP contribution in [0, 0.1) is 12.3 Å². The minimum absolute atomic E-state index is 0.181. The van der Waals surface area contributed by atoms with Crippen LogP contribution in [0.15, 0.2) is 0 Å². The van der Waals surface area contributed by atoms with Gasteiger partial charge in [0.25, 0.3) is 0 Å². The SMILES string of the molecule is C#CCCN1CCN(C)C(=O)C1(C)C. The molecule has 78 valence electrons. The molecule has 1 rings (SSSR count). The molecule has 0 aliphatic carbocycles. The van der Waals surface area contributed by atoms with Crippen LogP contribution in [0.1, 0.15) is 20.3 Å². The minimum atomic E-state index is -0.399. The van der Waals surface area contributed by atoms with Crippen LogP contribution in [-0.4, -0.2) is 47.9 Å². The van der Waals surface area contributed by atoms with Gasteiger partial charge < -0.3 is 4.90 Å². The standard InChI is InChI=1S/C11H18N2O/c1-5-6-7-13-9-8-12(4)10(14)11(13,2)3/h1H,6-9H2,2-4H3. The lowest BCUT2D eigenvalue weighted by Gasteiger charge is -2.44. The molecule has 0 unspecified atom stereocenters. The molecule has 0 aromatic carbocycles. The lowest BCUT2D eigenvalue weighted by Crippen LogP contribution is -2.62. The van der Waals surface area contributed by atoms with Crippen molar-refractivity contribution in [2.75, 3.05) is 26.7 Å². The van der Waals surface area contributed by atoms with Crippen LogP contribution in [0.5, 0.6) is 0 Å². The molecule has 1 saturated heterocycles. The van der Waals surface area contributed by atoms with Crippen LogP contribution in [0.2, 0.25) is 0 Å². The molecule has 0 atom stereocenters. The molecule has 0 bridgehead atoms. The second kappa shape index (κ2) is 4.02. The number of hydrogen-bond donors (Lipinski definition) is 0. The molecule has 1 fully saturated rings. The van der Waals surface area contributed by atoms with E-state index in [-0.39, 0.29) is 5.91 Å². The molecule has 0 saturated carbocycles. The van der Waals surface area contributed by atoms with Crippen LogP contribution < -0.4 is 0 Å². The molecular weight excluding hydrogens is 176 g/mol. The van der Waals surface area contributed by atoms with Crippen LogP contribution >= 0.6 is 0 Å². The summed E-state index contributed by atoms with van der Waals surface area (Å²) in [6, 6.07) is 0. The van der Waals surface area contributed by atoms with Crippen LogP contribution in [-0.2, 0) is 4.79 Å². The summed E-state index contributed by atoms with van der Waals surface area (Å²) in [5.74, 6) is 2.79. The summed E-state index contributed by atoms with van der Waals surface area (Å²) < 4.78 is 0. The fourth-order valence-electron chi connectivity index (χ4n) is 1.84. The molecule has 3 heteroatoms. The van der Waals surface area contributed by atoms with Gasteiger partial charge in [-0.05, 0) is 13.8 Å². The van der Waals surface area contributed by atoms with Crippen molar-refractivity contribution in [3.63, 3.8) is 0 Å². The first-order valence-corrected chi connectivity index (χ1v) is 4.94. The third kappa shape index (κ3) is 1.91. The zero-order valence-corrected chi connectivity index (χ0v) is 9.21. The number of carbonyl (C=O) groups is 1. The lowest BCUT2D eigenvalue weighted by molar-refractivity contribution is -0.146. The van der Waals surface area contributed by atoms with Crippen molar-refractivity contribution >= 4 is 5.91 Å². The third-order valence-corrected chi connectivity index (χ3v) is 2.89. The number of nitrogens with zero attached hydrogens (tertiary/aromatic N) is 2. The molecule has 1 aliphatic heterocycles. The Morgan fingerprint density at radius 2 is 2.14 bits per heavy atom. The summed E-state index contributed by atoms with van der Waals surface area (Å²) in [7, 11) is 1.85. The molecule has 1 heterocycles. The van der Waals surface area contributed by atoms with E-state index in [2.05, 4.69) is 10.8 Å². The summed E-state index contributed by atoms with van der Waals surface area (Å²) in [5.41, 5.74) is -0.399. The van der Waals surface area contributed by atoms with Gasteiger partial charge in [-0.25, -0.2) is 0 Å². The Morgan fingerprint density at radius 1 is 1.50 bits per heavy atom. The second-order valence-corrected chi connectivity index (χ2v) is 4.23. The molecule has 3 nitrogen and oxygen atoms in total. The van der Waals surface area contributed by atoms with Gasteiger partial charge in [0, 0.05) is 33.1 Å². The van der Waals surface area contributed by atoms with Gasteiger partial charge in [-0.2, -0.15) is 0 Å². The quantitative estimate of drug-likeness (QED) is 0.600.